The third-order valence-electron chi connectivity index (χ3n) is 6.29. The van der Waals surface area contributed by atoms with Crippen LogP contribution in [0.3, 0.4) is 0 Å². The SMILES string of the molecule is COc1cc2c(cc1OC)C(COc1cc(C)cc(C)c1)N(C(=O)C(C)Oc1ccccc1)CC2. The van der Waals surface area contributed by atoms with Crippen LogP contribution >= 0.6 is 0 Å². The zero-order chi connectivity index (χ0) is 24.9. The van der Waals surface area contributed by atoms with Crippen LogP contribution in [0, 0.1) is 13.8 Å². The van der Waals surface area contributed by atoms with E-state index in [9.17, 15) is 4.79 Å². The molecular formula is C29H33NO5. The minimum atomic E-state index is -0.636. The molecule has 35 heavy (non-hydrogen) atoms. The molecule has 2 atom stereocenters. The molecule has 0 aliphatic carbocycles. The molecular weight excluding hydrogens is 442 g/mol. The van der Waals surface area contributed by atoms with Gasteiger partial charge in [-0.25, -0.2) is 0 Å². The van der Waals surface area contributed by atoms with Gasteiger partial charge >= 0.3 is 0 Å². The second-order valence-corrected chi connectivity index (χ2v) is 8.91. The number of carbonyl (C=O) groups excluding carboxylic acids is 1. The number of aryl methyl sites for hydroxylation is 2. The van der Waals surface area contributed by atoms with Gasteiger partial charge in [0.15, 0.2) is 17.6 Å². The van der Waals surface area contributed by atoms with E-state index in [-0.39, 0.29) is 11.9 Å². The van der Waals surface area contributed by atoms with E-state index in [0.29, 0.717) is 36.8 Å². The molecule has 0 fully saturated rings. The second-order valence-electron chi connectivity index (χ2n) is 8.91. The van der Waals surface area contributed by atoms with Crippen LogP contribution in [0.5, 0.6) is 23.0 Å². The van der Waals surface area contributed by atoms with E-state index in [2.05, 4.69) is 6.07 Å². The Hall–Kier alpha value is -3.67. The number of nitrogens with zero attached hydrogens (tertiary/aromatic N) is 1. The van der Waals surface area contributed by atoms with Gasteiger partial charge in [-0.1, -0.05) is 24.3 Å². The van der Waals surface area contributed by atoms with Gasteiger partial charge in [0.05, 0.1) is 20.3 Å². The predicted octanol–water partition coefficient (Wildman–Crippen LogP) is 5.29. The Morgan fingerprint density at radius 2 is 1.60 bits per heavy atom. The van der Waals surface area contributed by atoms with E-state index in [4.69, 9.17) is 18.9 Å². The molecule has 1 aliphatic heterocycles. The molecule has 0 N–H and O–H groups in total. The summed E-state index contributed by atoms with van der Waals surface area (Å²) >= 11 is 0. The average Bonchev–Trinajstić information content (AvgIpc) is 2.85. The van der Waals surface area contributed by atoms with Crippen molar-refractivity contribution in [2.45, 2.75) is 39.3 Å². The summed E-state index contributed by atoms with van der Waals surface area (Å²) in [6.07, 6.45) is 0.0716. The lowest BCUT2D eigenvalue weighted by molar-refractivity contribution is -0.141. The molecule has 4 rings (SSSR count). The molecule has 0 saturated carbocycles. The summed E-state index contributed by atoms with van der Waals surface area (Å²) in [5.74, 6) is 2.69. The largest absolute Gasteiger partial charge is 0.493 e. The maximum atomic E-state index is 13.6. The van der Waals surface area contributed by atoms with Crippen molar-refractivity contribution in [1.82, 2.24) is 4.90 Å². The fourth-order valence-electron chi connectivity index (χ4n) is 4.65. The molecule has 1 amide bonds. The summed E-state index contributed by atoms with van der Waals surface area (Å²) in [6.45, 7) is 6.76. The maximum absolute atomic E-state index is 13.6. The van der Waals surface area contributed by atoms with Crippen molar-refractivity contribution in [3.63, 3.8) is 0 Å². The number of rotatable bonds is 8. The zero-order valence-corrected chi connectivity index (χ0v) is 21.0. The number of methoxy groups -OCH3 is 2. The lowest BCUT2D eigenvalue weighted by Gasteiger charge is -2.38. The van der Waals surface area contributed by atoms with Crippen LogP contribution in [0.2, 0.25) is 0 Å². The molecule has 3 aromatic carbocycles. The van der Waals surface area contributed by atoms with E-state index in [1.54, 1.807) is 21.1 Å². The minimum Gasteiger partial charge on any atom is -0.493 e. The summed E-state index contributed by atoms with van der Waals surface area (Å²) in [7, 11) is 3.25. The van der Waals surface area contributed by atoms with E-state index >= 15 is 0 Å². The van der Waals surface area contributed by atoms with E-state index in [0.717, 1.165) is 28.0 Å². The molecule has 1 aliphatic rings. The van der Waals surface area contributed by atoms with Crippen molar-refractivity contribution in [2.75, 3.05) is 27.4 Å². The summed E-state index contributed by atoms with van der Waals surface area (Å²) in [5, 5.41) is 0. The summed E-state index contributed by atoms with van der Waals surface area (Å²) in [4.78, 5) is 15.5. The molecule has 0 aromatic heterocycles. The Balaban J connectivity index is 1.64. The van der Waals surface area contributed by atoms with Crippen molar-refractivity contribution in [3.8, 4) is 23.0 Å². The Bertz CT molecular complexity index is 1160. The third-order valence-corrected chi connectivity index (χ3v) is 6.29. The fourth-order valence-corrected chi connectivity index (χ4v) is 4.65. The zero-order valence-electron chi connectivity index (χ0n) is 21.0. The molecule has 0 radical (unpaired) electrons. The number of benzene rings is 3. The van der Waals surface area contributed by atoms with Crippen LogP contribution in [0.15, 0.2) is 60.7 Å². The first-order valence-electron chi connectivity index (χ1n) is 11.9. The molecule has 0 bridgehead atoms. The summed E-state index contributed by atoms with van der Waals surface area (Å²) < 4.78 is 23.3. The highest BCUT2D eigenvalue weighted by Gasteiger charge is 2.35. The topological polar surface area (TPSA) is 57.2 Å². The molecule has 6 nitrogen and oxygen atoms in total. The van der Waals surface area contributed by atoms with Crippen LogP contribution in [0.25, 0.3) is 0 Å². The third kappa shape index (κ3) is 5.53. The van der Waals surface area contributed by atoms with Crippen LogP contribution < -0.4 is 18.9 Å². The van der Waals surface area contributed by atoms with E-state index in [1.807, 2.05) is 73.3 Å². The standard InChI is InChI=1S/C29H33NO5/c1-19-13-20(2)15-24(14-19)34-18-26-25-17-28(33-5)27(32-4)16-22(25)11-12-30(26)29(31)21(3)35-23-9-7-6-8-10-23/h6-10,13-17,21,26H,11-12,18H2,1-5H3. The van der Waals surface area contributed by atoms with Crippen molar-refractivity contribution in [2.24, 2.45) is 0 Å². The van der Waals surface area contributed by atoms with Gasteiger partial charge in [-0.3, -0.25) is 4.79 Å². The number of hydrogen-bond donors (Lipinski definition) is 0. The summed E-state index contributed by atoms with van der Waals surface area (Å²) in [6, 6.07) is 19.2. The van der Waals surface area contributed by atoms with Gasteiger partial charge in [0.1, 0.15) is 18.1 Å². The highest BCUT2D eigenvalue weighted by atomic mass is 16.5. The first-order chi connectivity index (χ1) is 16.9. The van der Waals surface area contributed by atoms with Crippen molar-refractivity contribution in [3.05, 3.63) is 82.9 Å². The van der Waals surface area contributed by atoms with Crippen LogP contribution in [0.4, 0.5) is 0 Å². The van der Waals surface area contributed by atoms with Crippen LogP contribution in [-0.4, -0.2) is 44.3 Å². The highest BCUT2D eigenvalue weighted by Crippen LogP contribution is 2.39. The Morgan fingerprint density at radius 3 is 2.26 bits per heavy atom. The lowest BCUT2D eigenvalue weighted by atomic mass is 9.91. The number of hydrogen-bond acceptors (Lipinski definition) is 5. The molecule has 0 saturated heterocycles. The molecule has 6 heteroatoms. The lowest BCUT2D eigenvalue weighted by Crippen LogP contribution is -2.47. The van der Waals surface area contributed by atoms with Gasteiger partial charge in [-0.05, 0) is 85.8 Å². The number of amides is 1. The fraction of sp³-hybridized carbons (Fsp3) is 0.345. The Kier molecular flexibility index (Phi) is 7.49. The molecule has 0 spiro atoms. The number of para-hydroxylation sites is 1. The van der Waals surface area contributed by atoms with E-state index in [1.165, 1.54) is 0 Å². The first kappa shape index (κ1) is 24.5. The maximum Gasteiger partial charge on any atom is 0.263 e. The van der Waals surface area contributed by atoms with E-state index < -0.39 is 6.10 Å². The molecule has 2 unspecified atom stereocenters. The second kappa shape index (κ2) is 10.7. The van der Waals surface area contributed by atoms with Crippen molar-refractivity contribution in [1.29, 1.82) is 0 Å². The van der Waals surface area contributed by atoms with Gasteiger partial charge in [-0.15, -0.1) is 0 Å². The summed E-state index contributed by atoms with van der Waals surface area (Å²) in [5.41, 5.74) is 4.39. The first-order valence-corrected chi connectivity index (χ1v) is 11.9. The van der Waals surface area contributed by atoms with Crippen molar-refractivity contribution < 1.29 is 23.7 Å². The van der Waals surface area contributed by atoms with Gasteiger partial charge in [-0.2, -0.15) is 0 Å². The van der Waals surface area contributed by atoms with Gasteiger partial charge < -0.3 is 23.8 Å². The smallest absolute Gasteiger partial charge is 0.263 e. The van der Waals surface area contributed by atoms with Gasteiger partial charge in [0.2, 0.25) is 0 Å². The monoisotopic (exact) mass is 475 g/mol. The Labute approximate surface area is 207 Å². The number of fused-ring (bicyclic) bond motifs is 1. The predicted molar refractivity (Wildman–Crippen MR) is 136 cm³/mol. The molecule has 1 heterocycles. The van der Waals surface area contributed by atoms with Gasteiger partial charge in [0, 0.05) is 6.54 Å². The van der Waals surface area contributed by atoms with Gasteiger partial charge in [0.25, 0.3) is 5.91 Å². The molecule has 3 aromatic rings. The number of carbonyl (C=O) groups is 1. The van der Waals surface area contributed by atoms with Crippen molar-refractivity contribution >= 4 is 5.91 Å². The molecule has 184 valence electrons. The Morgan fingerprint density at radius 1 is 0.943 bits per heavy atom. The average molecular weight is 476 g/mol. The normalized spacial score (nSPS) is 15.7. The number of ether oxygens (including phenoxy) is 4. The van der Waals surface area contributed by atoms with Crippen LogP contribution in [-0.2, 0) is 11.2 Å². The quantitative estimate of drug-likeness (QED) is 0.443. The minimum absolute atomic E-state index is 0.0803. The van der Waals surface area contributed by atoms with Crippen LogP contribution in [0.1, 0.15) is 35.2 Å². The highest BCUT2D eigenvalue weighted by molar-refractivity contribution is 5.82.